The van der Waals surface area contributed by atoms with E-state index in [2.05, 4.69) is 10.6 Å². The van der Waals surface area contributed by atoms with Gasteiger partial charge in [0.15, 0.2) is 0 Å². The summed E-state index contributed by atoms with van der Waals surface area (Å²) in [4.78, 5) is 22.5. The minimum absolute atomic E-state index is 0.123. The van der Waals surface area contributed by atoms with E-state index in [1.165, 1.54) is 0 Å². The molecule has 6 nitrogen and oxygen atoms in total. The van der Waals surface area contributed by atoms with E-state index in [4.69, 9.17) is 5.11 Å². The number of rotatable bonds is 3. The van der Waals surface area contributed by atoms with Crippen molar-refractivity contribution in [2.75, 3.05) is 26.2 Å². The van der Waals surface area contributed by atoms with Crippen LogP contribution < -0.4 is 10.6 Å². The lowest BCUT2D eigenvalue weighted by Crippen LogP contribution is -2.36. The number of nitrogens with one attached hydrogen (secondary N) is 2. The molecule has 0 atom stereocenters. The van der Waals surface area contributed by atoms with E-state index < -0.39 is 6.09 Å². The maximum atomic E-state index is 10.9. The predicted molar refractivity (Wildman–Crippen MR) is 41.0 cm³/mol. The summed E-state index contributed by atoms with van der Waals surface area (Å²) in [6.07, 6.45) is -1.06. The van der Waals surface area contributed by atoms with Gasteiger partial charge in [0.2, 0.25) is 0 Å². The third-order valence-corrected chi connectivity index (χ3v) is 1.60. The molecule has 1 fully saturated rings. The van der Waals surface area contributed by atoms with Gasteiger partial charge in [-0.25, -0.2) is 9.59 Å². The lowest BCUT2D eigenvalue weighted by molar-refractivity contribution is 0.191. The second-order valence-electron chi connectivity index (χ2n) is 2.45. The number of nitrogens with zero attached hydrogens (tertiary/aromatic N) is 1. The molecule has 12 heavy (non-hydrogen) atoms. The second-order valence-corrected chi connectivity index (χ2v) is 2.45. The predicted octanol–water partition coefficient (Wildman–Crippen LogP) is -0.721. The molecule has 3 N–H and O–H groups in total. The summed E-state index contributed by atoms with van der Waals surface area (Å²) in [7, 11) is 0. The number of urea groups is 1. The standard InChI is InChI=1S/C6H11N3O3/c10-5-7-1-3-9(5)4-2-8-6(11)12/h8H,1-4H2,(H,7,10)(H,11,12). The van der Waals surface area contributed by atoms with Crippen molar-refractivity contribution in [2.45, 2.75) is 0 Å². The first-order valence-corrected chi connectivity index (χ1v) is 3.70. The van der Waals surface area contributed by atoms with Crippen molar-refractivity contribution in [3.63, 3.8) is 0 Å². The SMILES string of the molecule is O=C(O)NCCN1CCNC1=O. The van der Waals surface area contributed by atoms with Crippen LogP contribution in [0.15, 0.2) is 0 Å². The maximum absolute atomic E-state index is 10.9. The quantitative estimate of drug-likeness (QED) is 0.526. The topological polar surface area (TPSA) is 81.7 Å². The van der Waals surface area contributed by atoms with Crippen LogP contribution in [0.1, 0.15) is 0 Å². The number of carboxylic acid groups (broad SMARTS) is 1. The molecule has 0 spiro atoms. The molecule has 0 bridgehead atoms. The summed E-state index contributed by atoms with van der Waals surface area (Å²) >= 11 is 0. The lowest BCUT2D eigenvalue weighted by Gasteiger charge is -2.12. The Balaban J connectivity index is 2.14. The Kier molecular flexibility index (Phi) is 2.73. The molecule has 3 amide bonds. The Morgan fingerprint density at radius 2 is 2.50 bits per heavy atom. The molecule has 0 unspecified atom stereocenters. The zero-order valence-electron chi connectivity index (χ0n) is 6.54. The normalized spacial score (nSPS) is 16.0. The summed E-state index contributed by atoms with van der Waals surface area (Å²) in [5, 5.41) is 13.0. The third-order valence-electron chi connectivity index (χ3n) is 1.60. The van der Waals surface area contributed by atoms with Crippen molar-refractivity contribution >= 4 is 12.1 Å². The van der Waals surface area contributed by atoms with Gasteiger partial charge in [0.25, 0.3) is 0 Å². The molecule has 68 valence electrons. The van der Waals surface area contributed by atoms with Gasteiger partial charge in [0, 0.05) is 26.2 Å². The molecule has 0 aliphatic carbocycles. The highest BCUT2D eigenvalue weighted by molar-refractivity contribution is 5.76. The molecule has 1 heterocycles. The number of hydrogen-bond acceptors (Lipinski definition) is 2. The molecular formula is C6H11N3O3. The van der Waals surface area contributed by atoms with Gasteiger partial charge in [-0.2, -0.15) is 0 Å². The van der Waals surface area contributed by atoms with Gasteiger partial charge in [-0.3, -0.25) is 0 Å². The van der Waals surface area contributed by atoms with E-state index >= 15 is 0 Å². The molecule has 1 saturated heterocycles. The Hall–Kier alpha value is -1.46. The van der Waals surface area contributed by atoms with E-state index in [0.29, 0.717) is 19.6 Å². The Bertz CT molecular complexity index is 194. The smallest absolute Gasteiger partial charge is 0.404 e. The van der Waals surface area contributed by atoms with E-state index in [1.54, 1.807) is 4.90 Å². The lowest BCUT2D eigenvalue weighted by atomic mass is 10.5. The van der Waals surface area contributed by atoms with Crippen LogP contribution in [0.2, 0.25) is 0 Å². The van der Waals surface area contributed by atoms with Gasteiger partial charge in [0.05, 0.1) is 0 Å². The van der Waals surface area contributed by atoms with E-state index in [0.717, 1.165) is 0 Å². The number of amides is 3. The molecular weight excluding hydrogens is 162 g/mol. The zero-order valence-corrected chi connectivity index (χ0v) is 6.54. The Labute approximate surface area is 69.5 Å². The highest BCUT2D eigenvalue weighted by Gasteiger charge is 2.18. The van der Waals surface area contributed by atoms with Gasteiger partial charge < -0.3 is 20.6 Å². The minimum Gasteiger partial charge on any atom is -0.465 e. The van der Waals surface area contributed by atoms with Crippen molar-refractivity contribution in [1.82, 2.24) is 15.5 Å². The van der Waals surface area contributed by atoms with Crippen LogP contribution in [-0.4, -0.2) is 48.3 Å². The van der Waals surface area contributed by atoms with Crippen LogP contribution in [0, 0.1) is 0 Å². The molecule has 1 aliphatic heterocycles. The fourth-order valence-electron chi connectivity index (χ4n) is 1.02. The number of carbonyl (C=O) groups is 2. The van der Waals surface area contributed by atoms with Crippen molar-refractivity contribution in [3.8, 4) is 0 Å². The van der Waals surface area contributed by atoms with Crippen molar-refractivity contribution in [2.24, 2.45) is 0 Å². The highest BCUT2D eigenvalue weighted by Crippen LogP contribution is 1.93. The van der Waals surface area contributed by atoms with E-state index in [-0.39, 0.29) is 12.6 Å². The van der Waals surface area contributed by atoms with Crippen molar-refractivity contribution in [1.29, 1.82) is 0 Å². The number of carbonyl (C=O) groups excluding carboxylic acids is 1. The fourth-order valence-corrected chi connectivity index (χ4v) is 1.02. The van der Waals surface area contributed by atoms with Crippen LogP contribution >= 0.6 is 0 Å². The first kappa shape index (κ1) is 8.63. The monoisotopic (exact) mass is 173 g/mol. The first-order chi connectivity index (χ1) is 5.70. The summed E-state index contributed by atoms with van der Waals surface area (Å²) in [6.45, 7) is 2.01. The van der Waals surface area contributed by atoms with Crippen LogP contribution in [-0.2, 0) is 0 Å². The van der Waals surface area contributed by atoms with Gasteiger partial charge in [0.1, 0.15) is 0 Å². The van der Waals surface area contributed by atoms with E-state index in [9.17, 15) is 9.59 Å². The van der Waals surface area contributed by atoms with Crippen molar-refractivity contribution < 1.29 is 14.7 Å². The minimum atomic E-state index is -1.06. The average Bonchev–Trinajstić information content (AvgIpc) is 2.36. The maximum Gasteiger partial charge on any atom is 0.404 e. The molecule has 0 aromatic rings. The van der Waals surface area contributed by atoms with Crippen LogP contribution in [0.25, 0.3) is 0 Å². The van der Waals surface area contributed by atoms with Gasteiger partial charge in [-0.15, -0.1) is 0 Å². The summed E-state index contributed by atoms with van der Waals surface area (Å²) in [5.41, 5.74) is 0. The molecule has 0 aromatic heterocycles. The Morgan fingerprint density at radius 1 is 1.75 bits per heavy atom. The fraction of sp³-hybridized carbons (Fsp3) is 0.667. The van der Waals surface area contributed by atoms with Gasteiger partial charge >= 0.3 is 12.1 Å². The third kappa shape index (κ3) is 2.30. The highest BCUT2D eigenvalue weighted by atomic mass is 16.4. The van der Waals surface area contributed by atoms with Gasteiger partial charge in [-0.1, -0.05) is 0 Å². The van der Waals surface area contributed by atoms with Gasteiger partial charge in [-0.05, 0) is 0 Å². The van der Waals surface area contributed by atoms with Crippen LogP contribution in [0.4, 0.5) is 9.59 Å². The van der Waals surface area contributed by atoms with Crippen LogP contribution in [0.3, 0.4) is 0 Å². The van der Waals surface area contributed by atoms with Crippen molar-refractivity contribution in [3.05, 3.63) is 0 Å². The summed E-state index contributed by atoms with van der Waals surface area (Å²) in [5.74, 6) is 0. The average molecular weight is 173 g/mol. The number of hydrogen-bond donors (Lipinski definition) is 3. The van der Waals surface area contributed by atoms with E-state index in [1.807, 2.05) is 0 Å². The molecule has 1 aliphatic rings. The molecule has 1 rings (SSSR count). The second kappa shape index (κ2) is 3.80. The molecule has 0 saturated carbocycles. The molecule has 6 heteroatoms. The van der Waals surface area contributed by atoms with Crippen LogP contribution in [0.5, 0.6) is 0 Å². The molecule has 0 aromatic carbocycles. The summed E-state index contributed by atoms with van der Waals surface area (Å²) in [6, 6.07) is -0.123. The molecule has 0 radical (unpaired) electrons. The first-order valence-electron chi connectivity index (χ1n) is 3.70. The largest absolute Gasteiger partial charge is 0.465 e. The zero-order chi connectivity index (χ0) is 8.97. The Morgan fingerprint density at radius 3 is 3.00 bits per heavy atom. The summed E-state index contributed by atoms with van der Waals surface area (Å²) < 4.78 is 0.